The van der Waals surface area contributed by atoms with Gasteiger partial charge in [-0.15, -0.1) is 0 Å². The average molecular weight is 242 g/mol. The Morgan fingerprint density at radius 2 is 1.94 bits per heavy atom. The summed E-state index contributed by atoms with van der Waals surface area (Å²) in [6.45, 7) is 4.49. The first-order valence-corrected chi connectivity index (χ1v) is 7.02. The van der Waals surface area contributed by atoms with Crippen LogP contribution >= 0.6 is 0 Å². The smallest absolute Gasteiger partial charge is 0.0847 e. The highest BCUT2D eigenvalue weighted by Crippen LogP contribution is 2.59. The van der Waals surface area contributed by atoms with Gasteiger partial charge in [0.2, 0.25) is 0 Å². The molecular weight excluding hydrogens is 220 g/mol. The van der Waals surface area contributed by atoms with Crippen molar-refractivity contribution in [2.45, 2.75) is 57.8 Å². The molecule has 0 N–H and O–H groups in total. The molecule has 0 aromatic carbocycles. The lowest BCUT2D eigenvalue weighted by Crippen LogP contribution is -2.48. The molecule has 2 nitrogen and oxygen atoms in total. The molecule has 0 unspecified atom stereocenters. The summed E-state index contributed by atoms with van der Waals surface area (Å²) in [5.74, 6) is 0. The van der Waals surface area contributed by atoms with Crippen LogP contribution < -0.4 is 0 Å². The highest BCUT2D eigenvalue weighted by molar-refractivity contribution is 5.36. The van der Waals surface area contributed by atoms with E-state index in [2.05, 4.69) is 31.0 Å². The van der Waals surface area contributed by atoms with Gasteiger partial charge in [-0.1, -0.05) is 32.8 Å². The Hall–Kier alpha value is -1.36. The number of hydrogen-bond acceptors (Lipinski definition) is 2. The first-order chi connectivity index (χ1) is 8.70. The summed E-state index contributed by atoms with van der Waals surface area (Å²) in [7, 11) is 0. The SMILES string of the molecule is CCCC1(CCC)CC(C#N)(c2cccnc2)C1. The van der Waals surface area contributed by atoms with Gasteiger partial charge in [0, 0.05) is 12.4 Å². The fourth-order valence-corrected chi connectivity index (χ4v) is 3.76. The van der Waals surface area contributed by atoms with E-state index in [1.165, 1.54) is 25.7 Å². The molecule has 0 spiro atoms. The lowest BCUT2D eigenvalue weighted by Gasteiger charge is -2.53. The molecule has 1 aliphatic carbocycles. The quantitative estimate of drug-likeness (QED) is 0.775. The van der Waals surface area contributed by atoms with E-state index in [9.17, 15) is 5.26 Å². The van der Waals surface area contributed by atoms with Crippen LogP contribution in [-0.2, 0) is 5.41 Å². The summed E-state index contributed by atoms with van der Waals surface area (Å²) in [5, 5.41) is 9.58. The predicted octanol–water partition coefficient (Wildman–Crippen LogP) is 4.22. The molecule has 96 valence electrons. The van der Waals surface area contributed by atoms with E-state index in [1.807, 2.05) is 12.3 Å². The average Bonchev–Trinajstić information content (AvgIpc) is 2.36. The van der Waals surface area contributed by atoms with Gasteiger partial charge >= 0.3 is 0 Å². The predicted molar refractivity (Wildman–Crippen MR) is 73.0 cm³/mol. The second kappa shape index (κ2) is 5.10. The highest BCUT2D eigenvalue weighted by Gasteiger charge is 2.54. The minimum atomic E-state index is -0.265. The van der Waals surface area contributed by atoms with E-state index >= 15 is 0 Å². The van der Waals surface area contributed by atoms with Gasteiger partial charge in [-0.3, -0.25) is 4.98 Å². The van der Waals surface area contributed by atoms with Gasteiger partial charge in [0.05, 0.1) is 11.5 Å². The Bertz CT molecular complexity index is 416. The third kappa shape index (κ3) is 2.14. The molecular formula is C16H22N2. The lowest BCUT2D eigenvalue weighted by molar-refractivity contribution is 0.0356. The number of nitrogens with zero attached hydrogens (tertiary/aromatic N) is 2. The van der Waals surface area contributed by atoms with E-state index < -0.39 is 0 Å². The third-order valence-electron chi connectivity index (χ3n) is 4.34. The Morgan fingerprint density at radius 3 is 2.39 bits per heavy atom. The van der Waals surface area contributed by atoms with Gasteiger partial charge in [-0.2, -0.15) is 5.26 Å². The zero-order chi connectivity index (χ0) is 13.1. The number of nitriles is 1. The molecule has 1 aromatic rings. The van der Waals surface area contributed by atoms with Crippen LogP contribution in [0.1, 0.15) is 57.9 Å². The second-order valence-corrected chi connectivity index (χ2v) is 5.79. The van der Waals surface area contributed by atoms with Crippen molar-refractivity contribution in [3.8, 4) is 6.07 Å². The Balaban J connectivity index is 2.18. The fourth-order valence-electron chi connectivity index (χ4n) is 3.76. The Morgan fingerprint density at radius 1 is 1.28 bits per heavy atom. The van der Waals surface area contributed by atoms with Crippen LogP contribution in [0, 0.1) is 16.7 Å². The van der Waals surface area contributed by atoms with Crippen LogP contribution in [0.4, 0.5) is 0 Å². The van der Waals surface area contributed by atoms with Gasteiger partial charge in [0.1, 0.15) is 0 Å². The summed E-state index contributed by atoms with van der Waals surface area (Å²) >= 11 is 0. The van der Waals surface area contributed by atoms with Crippen LogP contribution in [0.2, 0.25) is 0 Å². The normalized spacial score (nSPS) is 19.8. The maximum atomic E-state index is 9.58. The van der Waals surface area contributed by atoms with E-state index in [0.717, 1.165) is 18.4 Å². The van der Waals surface area contributed by atoms with Gasteiger partial charge in [0.25, 0.3) is 0 Å². The number of aromatic nitrogens is 1. The van der Waals surface area contributed by atoms with Crippen LogP contribution in [0.3, 0.4) is 0 Å². The van der Waals surface area contributed by atoms with Crippen molar-refractivity contribution in [3.63, 3.8) is 0 Å². The molecule has 0 bridgehead atoms. The zero-order valence-corrected chi connectivity index (χ0v) is 11.4. The Kier molecular flexibility index (Phi) is 3.71. The number of hydrogen-bond donors (Lipinski definition) is 0. The van der Waals surface area contributed by atoms with E-state index in [1.54, 1.807) is 6.20 Å². The third-order valence-corrected chi connectivity index (χ3v) is 4.34. The van der Waals surface area contributed by atoms with Crippen molar-refractivity contribution < 1.29 is 0 Å². The molecule has 1 heterocycles. The molecule has 0 amide bonds. The zero-order valence-electron chi connectivity index (χ0n) is 11.4. The van der Waals surface area contributed by atoms with Crippen molar-refractivity contribution in [1.82, 2.24) is 4.98 Å². The molecule has 2 rings (SSSR count). The van der Waals surface area contributed by atoms with E-state index in [4.69, 9.17) is 0 Å². The standard InChI is InChI=1S/C16H22N2/c1-3-7-15(8-4-2)11-16(12-15,13-17)14-6-5-9-18-10-14/h5-6,9-10H,3-4,7-8,11-12H2,1-2H3. The van der Waals surface area contributed by atoms with Crippen LogP contribution in [0.5, 0.6) is 0 Å². The Labute approximate surface area is 110 Å². The van der Waals surface area contributed by atoms with Gasteiger partial charge in [-0.25, -0.2) is 0 Å². The van der Waals surface area contributed by atoms with Crippen molar-refractivity contribution in [2.75, 3.05) is 0 Å². The monoisotopic (exact) mass is 242 g/mol. The molecule has 2 heteroatoms. The molecule has 0 atom stereocenters. The number of rotatable bonds is 5. The molecule has 0 saturated heterocycles. The summed E-state index contributed by atoms with van der Waals surface area (Å²) in [4.78, 5) is 4.17. The maximum Gasteiger partial charge on any atom is 0.0847 e. The second-order valence-electron chi connectivity index (χ2n) is 5.79. The fraction of sp³-hybridized carbons (Fsp3) is 0.625. The summed E-state index contributed by atoms with van der Waals surface area (Å²) in [6, 6.07) is 6.55. The lowest BCUT2D eigenvalue weighted by atomic mass is 9.48. The maximum absolute atomic E-state index is 9.58. The van der Waals surface area contributed by atoms with Crippen molar-refractivity contribution in [2.24, 2.45) is 5.41 Å². The molecule has 18 heavy (non-hydrogen) atoms. The van der Waals surface area contributed by atoms with E-state index in [0.29, 0.717) is 5.41 Å². The first kappa shape index (κ1) is 13.1. The van der Waals surface area contributed by atoms with Gasteiger partial charge in [0.15, 0.2) is 0 Å². The summed E-state index contributed by atoms with van der Waals surface area (Å²) in [5.41, 5.74) is 1.25. The minimum absolute atomic E-state index is 0.265. The summed E-state index contributed by atoms with van der Waals surface area (Å²) < 4.78 is 0. The van der Waals surface area contributed by atoms with Crippen LogP contribution in [0.25, 0.3) is 0 Å². The van der Waals surface area contributed by atoms with Crippen LogP contribution in [0.15, 0.2) is 24.5 Å². The van der Waals surface area contributed by atoms with Gasteiger partial charge in [-0.05, 0) is 42.7 Å². The minimum Gasteiger partial charge on any atom is -0.264 e. The largest absolute Gasteiger partial charge is 0.264 e. The van der Waals surface area contributed by atoms with Crippen molar-refractivity contribution in [3.05, 3.63) is 30.1 Å². The first-order valence-electron chi connectivity index (χ1n) is 7.02. The topological polar surface area (TPSA) is 36.7 Å². The highest BCUT2D eigenvalue weighted by atomic mass is 14.6. The number of pyridine rings is 1. The molecule has 1 fully saturated rings. The molecule has 1 aromatic heterocycles. The van der Waals surface area contributed by atoms with Crippen LogP contribution in [-0.4, -0.2) is 4.98 Å². The van der Waals surface area contributed by atoms with Gasteiger partial charge < -0.3 is 0 Å². The molecule has 1 saturated carbocycles. The van der Waals surface area contributed by atoms with E-state index in [-0.39, 0.29) is 5.41 Å². The van der Waals surface area contributed by atoms with Crippen molar-refractivity contribution >= 4 is 0 Å². The summed E-state index contributed by atoms with van der Waals surface area (Å²) in [6.07, 6.45) is 10.6. The molecule has 0 radical (unpaired) electrons. The molecule has 0 aliphatic heterocycles. The molecule has 1 aliphatic rings. The van der Waals surface area contributed by atoms with Crippen molar-refractivity contribution in [1.29, 1.82) is 5.26 Å².